The second-order valence-electron chi connectivity index (χ2n) is 9.09. The van der Waals surface area contributed by atoms with Gasteiger partial charge in [0.05, 0.1) is 25.7 Å². The van der Waals surface area contributed by atoms with Gasteiger partial charge in [0.25, 0.3) is 0 Å². The van der Waals surface area contributed by atoms with Crippen LogP contribution in [0.1, 0.15) is 64.2 Å². The molecule has 0 amide bonds. The average Bonchev–Trinajstić information content (AvgIpc) is 2.97. The summed E-state index contributed by atoms with van der Waals surface area (Å²) in [5.41, 5.74) is 0. The van der Waals surface area contributed by atoms with Crippen molar-refractivity contribution in [2.75, 3.05) is 65.7 Å². The van der Waals surface area contributed by atoms with Crippen molar-refractivity contribution < 1.29 is 38.1 Å². The van der Waals surface area contributed by atoms with Gasteiger partial charge in [-0.15, -0.1) is 49.4 Å². The van der Waals surface area contributed by atoms with Crippen LogP contribution < -0.4 is 0 Å². The van der Waals surface area contributed by atoms with Crippen molar-refractivity contribution in [3.63, 3.8) is 0 Å². The number of rotatable bonds is 25. The van der Waals surface area contributed by atoms with Crippen molar-refractivity contribution in [2.45, 2.75) is 64.2 Å². The van der Waals surface area contributed by atoms with Gasteiger partial charge in [-0.1, -0.05) is 0 Å². The summed E-state index contributed by atoms with van der Waals surface area (Å²) in [6, 6.07) is 0. The highest BCUT2D eigenvalue weighted by atomic mass is 16.5. The first-order valence-corrected chi connectivity index (χ1v) is 14.2. The van der Waals surface area contributed by atoms with Crippen LogP contribution in [0, 0.1) is 49.4 Å². The number of esters is 4. The van der Waals surface area contributed by atoms with E-state index in [0.717, 1.165) is 12.8 Å². The second-order valence-corrected chi connectivity index (χ2v) is 9.09. The zero-order chi connectivity index (χ0) is 31.3. The maximum atomic E-state index is 12.0. The molecular formula is C32H44N2O8. The van der Waals surface area contributed by atoms with E-state index in [1.54, 1.807) is 0 Å². The molecule has 0 fully saturated rings. The number of carbonyl (C=O) groups excluding carboxylic acids is 4. The second kappa shape index (κ2) is 27.2. The van der Waals surface area contributed by atoms with E-state index in [4.69, 9.17) is 44.6 Å². The van der Waals surface area contributed by atoms with Gasteiger partial charge in [0.2, 0.25) is 0 Å². The predicted octanol–water partition coefficient (Wildman–Crippen LogP) is 2.20. The van der Waals surface area contributed by atoms with Gasteiger partial charge in [0, 0.05) is 51.9 Å². The standard InChI is InChI=1S/C32H44N2O8/c1-5-9-25-39-29(35)15-21-33(22-16-30(36)40-26-10-6-2)19-13-14-20-34(23-17-31(37)41-27-11-7-3)24-18-32(38)42-28-12-8-4/h1-4H,9-28H2. The number of nitrogens with zero attached hydrogens (tertiary/aromatic N) is 2. The Morgan fingerprint density at radius 3 is 0.881 bits per heavy atom. The molecule has 10 heteroatoms. The van der Waals surface area contributed by atoms with Crippen molar-refractivity contribution in [1.29, 1.82) is 0 Å². The SMILES string of the molecule is C#CCCOC(=O)CCN(CCCCN(CCC(=O)OCCC#C)CCC(=O)OCCC#C)CCC(=O)OCCC#C. The molecule has 0 aliphatic carbocycles. The van der Waals surface area contributed by atoms with Crippen LogP contribution >= 0.6 is 0 Å². The molecule has 0 bridgehead atoms. The number of ether oxygens (including phenoxy) is 4. The Kier molecular flexibility index (Phi) is 24.7. The molecule has 0 saturated heterocycles. The molecule has 0 spiro atoms. The molecule has 0 aromatic rings. The Balaban J connectivity index is 4.90. The van der Waals surface area contributed by atoms with Crippen LogP contribution in [0.5, 0.6) is 0 Å². The normalized spacial score (nSPS) is 10.1. The van der Waals surface area contributed by atoms with E-state index in [0.29, 0.717) is 65.0 Å². The molecule has 0 aliphatic heterocycles. The van der Waals surface area contributed by atoms with Gasteiger partial charge in [-0.05, 0) is 25.9 Å². The Bertz CT molecular complexity index is 817. The average molecular weight is 585 g/mol. The third-order valence-corrected chi connectivity index (χ3v) is 5.77. The van der Waals surface area contributed by atoms with Gasteiger partial charge in [0.1, 0.15) is 26.4 Å². The number of unbranched alkanes of at least 4 members (excludes halogenated alkanes) is 1. The summed E-state index contributed by atoms with van der Waals surface area (Å²) in [4.78, 5) is 52.2. The molecule has 42 heavy (non-hydrogen) atoms. The van der Waals surface area contributed by atoms with E-state index >= 15 is 0 Å². The van der Waals surface area contributed by atoms with E-state index in [2.05, 4.69) is 23.7 Å². The smallest absolute Gasteiger partial charge is 0.307 e. The van der Waals surface area contributed by atoms with Crippen molar-refractivity contribution >= 4 is 23.9 Å². The van der Waals surface area contributed by atoms with E-state index in [1.807, 2.05) is 9.80 Å². The Labute approximate surface area is 251 Å². The maximum absolute atomic E-state index is 12.0. The largest absolute Gasteiger partial charge is 0.465 e. The third kappa shape index (κ3) is 23.9. The Hall–Kier alpha value is -3.96. The van der Waals surface area contributed by atoms with E-state index in [1.165, 1.54) is 0 Å². The molecule has 0 heterocycles. The summed E-state index contributed by atoms with van der Waals surface area (Å²) in [6.07, 6.45) is 24.3. The lowest BCUT2D eigenvalue weighted by molar-refractivity contribution is -0.145. The van der Waals surface area contributed by atoms with Crippen LogP contribution in [0.3, 0.4) is 0 Å². The fourth-order valence-electron chi connectivity index (χ4n) is 3.52. The van der Waals surface area contributed by atoms with Crippen molar-refractivity contribution in [3.8, 4) is 49.4 Å². The third-order valence-electron chi connectivity index (χ3n) is 5.77. The topological polar surface area (TPSA) is 112 Å². The van der Waals surface area contributed by atoms with Gasteiger partial charge in [0.15, 0.2) is 0 Å². The number of hydrogen-bond acceptors (Lipinski definition) is 10. The lowest BCUT2D eigenvalue weighted by atomic mass is 10.2. The van der Waals surface area contributed by atoms with E-state index in [9.17, 15) is 19.2 Å². The number of terminal acetylenes is 4. The van der Waals surface area contributed by atoms with Gasteiger partial charge in [-0.2, -0.15) is 0 Å². The first-order valence-electron chi connectivity index (χ1n) is 14.2. The highest BCUT2D eigenvalue weighted by molar-refractivity contribution is 5.71. The van der Waals surface area contributed by atoms with Gasteiger partial charge >= 0.3 is 23.9 Å². The fourth-order valence-corrected chi connectivity index (χ4v) is 3.52. The minimum Gasteiger partial charge on any atom is -0.465 e. The number of hydrogen-bond donors (Lipinski definition) is 0. The van der Waals surface area contributed by atoms with Gasteiger partial charge in [-0.25, -0.2) is 0 Å². The maximum Gasteiger partial charge on any atom is 0.307 e. The highest BCUT2D eigenvalue weighted by Gasteiger charge is 2.15. The van der Waals surface area contributed by atoms with Crippen molar-refractivity contribution in [1.82, 2.24) is 9.80 Å². The Morgan fingerprint density at radius 1 is 0.429 bits per heavy atom. The zero-order valence-electron chi connectivity index (χ0n) is 24.6. The minimum absolute atomic E-state index is 0.159. The first-order chi connectivity index (χ1) is 20.4. The van der Waals surface area contributed by atoms with Crippen molar-refractivity contribution in [3.05, 3.63) is 0 Å². The molecule has 230 valence electrons. The molecule has 0 N–H and O–H groups in total. The predicted molar refractivity (Wildman–Crippen MR) is 158 cm³/mol. The van der Waals surface area contributed by atoms with Crippen LogP contribution in [-0.4, -0.2) is 99.4 Å². The van der Waals surface area contributed by atoms with Gasteiger partial charge in [-0.3, -0.25) is 19.2 Å². The van der Waals surface area contributed by atoms with Crippen LogP contribution in [-0.2, 0) is 38.1 Å². The molecule has 0 aromatic heterocycles. The van der Waals surface area contributed by atoms with Crippen LogP contribution in [0.25, 0.3) is 0 Å². The monoisotopic (exact) mass is 584 g/mol. The molecule has 0 rings (SSSR count). The molecule has 0 atom stereocenters. The molecular weight excluding hydrogens is 540 g/mol. The van der Waals surface area contributed by atoms with Crippen molar-refractivity contribution in [2.24, 2.45) is 0 Å². The van der Waals surface area contributed by atoms with E-state index in [-0.39, 0.29) is 76.0 Å². The highest BCUT2D eigenvalue weighted by Crippen LogP contribution is 2.06. The van der Waals surface area contributed by atoms with Gasteiger partial charge < -0.3 is 28.7 Å². The lowest BCUT2D eigenvalue weighted by Crippen LogP contribution is -2.33. The summed E-state index contributed by atoms with van der Waals surface area (Å²) in [7, 11) is 0. The minimum atomic E-state index is -0.360. The lowest BCUT2D eigenvalue weighted by Gasteiger charge is -2.24. The summed E-state index contributed by atoms with van der Waals surface area (Å²) in [5, 5.41) is 0. The molecule has 0 aliphatic rings. The summed E-state index contributed by atoms with van der Waals surface area (Å²) < 4.78 is 20.5. The first kappa shape index (κ1) is 38.0. The molecule has 10 nitrogen and oxygen atoms in total. The molecule has 0 saturated carbocycles. The molecule has 0 aromatic carbocycles. The molecule has 0 radical (unpaired) electrons. The number of carbonyl (C=O) groups is 4. The summed E-state index contributed by atoms with van der Waals surface area (Å²) >= 11 is 0. The molecule has 0 unspecified atom stereocenters. The van der Waals surface area contributed by atoms with Crippen LogP contribution in [0.2, 0.25) is 0 Å². The fraction of sp³-hybridized carbons (Fsp3) is 0.625. The summed E-state index contributed by atoms with van der Waals surface area (Å²) in [5.74, 6) is 8.23. The van der Waals surface area contributed by atoms with E-state index < -0.39 is 0 Å². The van der Waals surface area contributed by atoms with Crippen LogP contribution in [0.15, 0.2) is 0 Å². The zero-order valence-corrected chi connectivity index (χ0v) is 24.6. The Morgan fingerprint density at radius 2 is 0.667 bits per heavy atom. The van der Waals surface area contributed by atoms with Crippen LogP contribution in [0.4, 0.5) is 0 Å². The summed E-state index contributed by atoms with van der Waals surface area (Å²) in [6.45, 7) is 3.53. The quantitative estimate of drug-likeness (QED) is 0.0685.